The Labute approximate surface area is 502 Å². The Morgan fingerprint density at radius 1 is 0.370 bits per heavy atom. The van der Waals surface area contributed by atoms with Gasteiger partial charge in [0.05, 0.1) is 34.4 Å². The zero-order chi connectivity index (χ0) is 59.1. The number of carbonyl (C=O) groups excluding carboxylic acids is 2. The molecular weight excluding hydrogens is 1010 g/mol. The van der Waals surface area contributed by atoms with Gasteiger partial charge in [0.2, 0.25) is 0 Å². The van der Waals surface area contributed by atoms with Crippen LogP contribution < -0.4 is 0 Å². The molecule has 0 saturated carbocycles. The lowest BCUT2D eigenvalue weighted by molar-refractivity contribution is -0.870. The zero-order valence-electron chi connectivity index (χ0n) is 54.5. The highest BCUT2D eigenvalue weighted by Gasteiger charge is 2.25. The molecule has 0 aromatic heterocycles. The Bertz CT molecular complexity index is 1420. The molecule has 0 bridgehead atoms. The van der Waals surface area contributed by atoms with Crippen LogP contribution in [0.2, 0.25) is 0 Å². The van der Waals surface area contributed by atoms with Crippen molar-refractivity contribution in [3.8, 4) is 0 Å². The third kappa shape index (κ3) is 64.9. The average Bonchev–Trinajstić information content (AvgIpc) is 3.44. The lowest BCUT2D eigenvalue weighted by Gasteiger charge is -2.25. The van der Waals surface area contributed by atoms with Crippen molar-refractivity contribution in [2.24, 2.45) is 0 Å². The van der Waals surface area contributed by atoms with Crippen LogP contribution in [0.15, 0.2) is 36.5 Å². The first-order valence-corrected chi connectivity index (χ1v) is 35.2. The minimum atomic E-state index is -1.51. The number of carboxylic acid groups (broad SMARTS) is 1. The number of rotatable bonds is 66. The molecule has 0 rings (SSSR count). The van der Waals surface area contributed by atoms with E-state index in [0.717, 1.165) is 44.9 Å². The molecule has 0 fully saturated rings. The van der Waals surface area contributed by atoms with Gasteiger partial charge >= 0.3 is 17.9 Å². The first-order chi connectivity index (χ1) is 39.6. The molecule has 9 heteroatoms. The molecule has 2 atom stereocenters. The fraction of sp³-hybridized carbons (Fsp3) is 0.875. The third-order valence-electron chi connectivity index (χ3n) is 15.9. The van der Waals surface area contributed by atoms with E-state index in [9.17, 15) is 19.5 Å². The normalized spacial score (nSPS) is 12.9. The predicted octanol–water partition coefficient (Wildman–Crippen LogP) is 21.6. The number of carboxylic acids is 1. The molecule has 0 amide bonds. The van der Waals surface area contributed by atoms with Crippen LogP contribution >= 0.6 is 0 Å². The summed E-state index contributed by atoms with van der Waals surface area (Å²) in [5, 5.41) is 9.73. The summed E-state index contributed by atoms with van der Waals surface area (Å²) in [5.74, 6) is -1.99. The van der Waals surface area contributed by atoms with Crippen molar-refractivity contribution in [3.05, 3.63) is 36.5 Å². The minimum Gasteiger partial charge on any atom is -0.477 e. The van der Waals surface area contributed by atoms with Gasteiger partial charge in [0.15, 0.2) is 6.10 Å². The van der Waals surface area contributed by atoms with Gasteiger partial charge in [-0.3, -0.25) is 9.59 Å². The maximum Gasteiger partial charge on any atom is 0.361 e. The summed E-state index contributed by atoms with van der Waals surface area (Å²) in [4.78, 5) is 37.5. The molecule has 476 valence electrons. The van der Waals surface area contributed by atoms with E-state index in [-0.39, 0.29) is 38.2 Å². The van der Waals surface area contributed by atoms with Gasteiger partial charge in [-0.15, -0.1) is 0 Å². The number of carbonyl (C=O) groups is 3. The SMILES string of the molecule is CCCCCCC/C=C\C/C=C\CCCCCCCCCCCCCCCCCCCCCCCCCCCCCC(=O)OC(COC(=O)CCCCCCCCC/C=C\CCCCCCCC)COC(OCC[N+](C)(C)C)C(=O)O. The summed E-state index contributed by atoms with van der Waals surface area (Å²) in [6, 6.07) is 0. The highest BCUT2D eigenvalue weighted by molar-refractivity contribution is 5.71. The molecule has 0 aromatic rings. The number of allylic oxidation sites excluding steroid dienone is 6. The van der Waals surface area contributed by atoms with Crippen LogP contribution in [0.25, 0.3) is 0 Å². The number of hydrogen-bond donors (Lipinski definition) is 1. The van der Waals surface area contributed by atoms with E-state index in [1.165, 1.54) is 276 Å². The van der Waals surface area contributed by atoms with Gasteiger partial charge in [0.1, 0.15) is 13.2 Å². The number of ether oxygens (including phenoxy) is 4. The number of quaternary nitrogens is 1. The van der Waals surface area contributed by atoms with Crippen LogP contribution in [0.1, 0.15) is 348 Å². The van der Waals surface area contributed by atoms with Crippen molar-refractivity contribution in [1.82, 2.24) is 0 Å². The smallest absolute Gasteiger partial charge is 0.361 e. The maximum atomic E-state index is 12.9. The second-order valence-electron chi connectivity index (χ2n) is 25.2. The van der Waals surface area contributed by atoms with Crippen molar-refractivity contribution in [2.75, 3.05) is 47.5 Å². The monoisotopic (exact) mass is 1140 g/mol. The first-order valence-electron chi connectivity index (χ1n) is 35.2. The van der Waals surface area contributed by atoms with Gasteiger partial charge in [-0.2, -0.15) is 0 Å². The van der Waals surface area contributed by atoms with Gasteiger partial charge in [-0.05, 0) is 70.6 Å². The molecule has 81 heavy (non-hydrogen) atoms. The Balaban J connectivity index is 3.94. The van der Waals surface area contributed by atoms with E-state index in [0.29, 0.717) is 17.4 Å². The molecule has 0 aliphatic carbocycles. The summed E-state index contributed by atoms with van der Waals surface area (Å²) in [6.07, 6.45) is 77.1. The van der Waals surface area contributed by atoms with E-state index in [1.807, 2.05) is 21.1 Å². The van der Waals surface area contributed by atoms with Gasteiger partial charge in [0.25, 0.3) is 6.29 Å². The van der Waals surface area contributed by atoms with Crippen molar-refractivity contribution in [1.29, 1.82) is 0 Å². The maximum absolute atomic E-state index is 12.9. The van der Waals surface area contributed by atoms with Crippen LogP contribution in [0.5, 0.6) is 0 Å². The standard InChI is InChI=1S/C72H135NO8/c1-6-8-10-12-14-16-18-20-22-24-25-26-27-28-29-30-31-32-33-34-35-36-37-38-39-40-41-42-43-44-45-47-49-51-53-55-57-59-61-63-70(75)81-68(67-80-72(71(76)77)78-65-64-73(3,4)5)66-79-69(74)62-60-58-56-54-52-50-48-46-23-21-19-17-15-13-11-9-7-2/h18,20-21,23-25,68,72H,6-17,19,22,26-67H2,1-5H3/p+1/b20-18-,23-21-,25-24-. The van der Waals surface area contributed by atoms with Crippen molar-refractivity contribution < 1.29 is 42.9 Å². The molecule has 0 heterocycles. The second-order valence-corrected chi connectivity index (χ2v) is 25.2. The lowest BCUT2D eigenvalue weighted by Crippen LogP contribution is -2.40. The van der Waals surface area contributed by atoms with Gasteiger partial charge in [-0.25, -0.2) is 4.79 Å². The fourth-order valence-electron chi connectivity index (χ4n) is 10.5. The second kappa shape index (κ2) is 63.5. The molecule has 9 nitrogen and oxygen atoms in total. The fourth-order valence-corrected chi connectivity index (χ4v) is 10.5. The first kappa shape index (κ1) is 78.5. The number of esters is 2. The van der Waals surface area contributed by atoms with Crippen molar-refractivity contribution >= 4 is 17.9 Å². The number of hydrogen-bond acceptors (Lipinski definition) is 7. The van der Waals surface area contributed by atoms with Crippen LogP contribution in [0.4, 0.5) is 0 Å². The topological polar surface area (TPSA) is 108 Å². The number of unbranched alkanes of at least 4 members (excludes halogenated alkanes) is 45. The Kier molecular flexibility index (Phi) is 61.6. The lowest BCUT2D eigenvalue weighted by atomic mass is 10.0. The molecule has 0 spiro atoms. The number of nitrogens with zero attached hydrogens (tertiary/aromatic N) is 1. The van der Waals surface area contributed by atoms with Crippen molar-refractivity contribution in [2.45, 2.75) is 360 Å². The Hall–Kier alpha value is -2.49. The zero-order valence-corrected chi connectivity index (χ0v) is 54.5. The average molecular weight is 1140 g/mol. The molecule has 1 N–H and O–H groups in total. The van der Waals surface area contributed by atoms with Crippen LogP contribution in [0, 0.1) is 0 Å². The van der Waals surface area contributed by atoms with Crippen LogP contribution in [-0.4, -0.2) is 87.4 Å². The van der Waals surface area contributed by atoms with Crippen LogP contribution in [-0.2, 0) is 33.3 Å². The molecular formula is C72H136NO8+. The third-order valence-corrected chi connectivity index (χ3v) is 15.9. The molecule has 0 aliphatic heterocycles. The largest absolute Gasteiger partial charge is 0.477 e. The minimum absolute atomic E-state index is 0.179. The van der Waals surface area contributed by atoms with Crippen molar-refractivity contribution in [3.63, 3.8) is 0 Å². The molecule has 0 radical (unpaired) electrons. The highest BCUT2D eigenvalue weighted by Crippen LogP contribution is 2.18. The highest BCUT2D eigenvalue weighted by atomic mass is 16.7. The van der Waals surface area contributed by atoms with E-state index in [2.05, 4.69) is 50.3 Å². The molecule has 0 saturated heterocycles. The molecule has 0 aliphatic rings. The molecule has 2 unspecified atom stereocenters. The van der Waals surface area contributed by atoms with Gasteiger partial charge < -0.3 is 28.5 Å². The molecule has 0 aromatic carbocycles. The summed E-state index contributed by atoms with van der Waals surface area (Å²) in [7, 11) is 5.98. The summed E-state index contributed by atoms with van der Waals surface area (Å²) >= 11 is 0. The van der Waals surface area contributed by atoms with Gasteiger partial charge in [-0.1, -0.05) is 301 Å². The van der Waals surface area contributed by atoms with E-state index < -0.39 is 18.4 Å². The Morgan fingerprint density at radius 3 is 0.988 bits per heavy atom. The van der Waals surface area contributed by atoms with E-state index in [4.69, 9.17) is 18.9 Å². The number of aliphatic carboxylic acids is 1. The van der Waals surface area contributed by atoms with Gasteiger partial charge in [0, 0.05) is 12.8 Å². The summed E-state index contributed by atoms with van der Waals surface area (Å²) < 4.78 is 23.0. The van der Waals surface area contributed by atoms with E-state index in [1.54, 1.807) is 0 Å². The summed E-state index contributed by atoms with van der Waals surface area (Å²) in [5.41, 5.74) is 0. The van der Waals surface area contributed by atoms with Crippen LogP contribution in [0.3, 0.4) is 0 Å². The van der Waals surface area contributed by atoms with E-state index >= 15 is 0 Å². The number of likely N-dealkylation sites (N-methyl/N-ethyl adjacent to an activating group) is 1. The predicted molar refractivity (Wildman–Crippen MR) is 346 cm³/mol. The quantitative estimate of drug-likeness (QED) is 0.0211. The summed E-state index contributed by atoms with van der Waals surface area (Å²) in [6.45, 7) is 4.91. The Morgan fingerprint density at radius 2 is 0.667 bits per heavy atom.